The van der Waals surface area contributed by atoms with E-state index in [0.29, 0.717) is 18.1 Å². The molecule has 0 amide bonds. The Morgan fingerprint density at radius 1 is 1.26 bits per heavy atom. The molecule has 2 nitrogen and oxygen atoms in total. The number of carbonyl (C=O) groups is 1. The molecule has 0 radical (unpaired) electrons. The number of rotatable bonds is 9. The molecular weight excluding hydrogens is 236 g/mol. The highest BCUT2D eigenvalue weighted by atomic mass is 16.5. The summed E-state index contributed by atoms with van der Waals surface area (Å²) in [5, 5.41) is 0. The van der Waals surface area contributed by atoms with Crippen LogP contribution in [0.25, 0.3) is 0 Å². The molecule has 0 saturated carbocycles. The highest BCUT2D eigenvalue weighted by Gasteiger charge is 2.01. The van der Waals surface area contributed by atoms with Crippen LogP contribution < -0.4 is 4.74 Å². The molecule has 0 aliphatic rings. The van der Waals surface area contributed by atoms with Crippen LogP contribution in [-0.2, 0) is 11.2 Å². The van der Waals surface area contributed by atoms with Crippen molar-refractivity contribution in [3.8, 4) is 5.75 Å². The van der Waals surface area contributed by atoms with Crippen LogP contribution >= 0.6 is 0 Å². The van der Waals surface area contributed by atoms with Gasteiger partial charge in [0.25, 0.3) is 0 Å². The van der Waals surface area contributed by atoms with Crippen molar-refractivity contribution in [2.75, 3.05) is 6.61 Å². The molecule has 0 bridgehead atoms. The number of ketones is 1. The van der Waals surface area contributed by atoms with Crippen LogP contribution in [0.3, 0.4) is 0 Å². The third kappa shape index (κ3) is 7.00. The van der Waals surface area contributed by atoms with E-state index in [1.807, 2.05) is 19.1 Å². The molecular formula is C17H26O2. The lowest BCUT2D eigenvalue weighted by molar-refractivity contribution is -0.118. The van der Waals surface area contributed by atoms with Crippen LogP contribution in [-0.4, -0.2) is 12.4 Å². The smallest absolute Gasteiger partial charge is 0.132 e. The second-order valence-corrected chi connectivity index (χ2v) is 5.45. The lowest BCUT2D eigenvalue weighted by atomic mass is 10.0. The van der Waals surface area contributed by atoms with Crippen LogP contribution in [0.4, 0.5) is 0 Å². The maximum atomic E-state index is 11.2. The Balaban J connectivity index is 2.33. The molecule has 0 aromatic heterocycles. The van der Waals surface area contributed by atoms with Crippen molar-refractivity contribution in [3.63, 3.8) is 0 Å². The maximum absolute atomic E-state index is 11.2. The second kappa shape index (κ2) is 8.73. The first-order valence-electron chi connectivity index (χ1n) is 7.35. The summed E-state index contributed by atoms with van der Waals surface area (Å²) in [7, 11) is 0. The van der Waals surface area contributed by atoms with Gasteiger partial charge in [-0.1, -0.05) is 32.9 Å². The SMILES string of the molecule is CCC(=O)CCCCc1cccc(OCC(C)C)c1. The quantitative estimate of drug-likeness (QED) is 0.616. The predicted octanol–water partition coefficient (Wildman–Crippen LogP) is 4.41. The standard InChI is InChI=1S/C17H26O2/c1-4-16(18)10-6-5-8-15-9-7-11-17(12-15)19-13-14(2)3/h7,9,11-12,14H,4-6,8,10,13H2,1-3H3. The van der Waals surface area contributed by atoms with Crippen molar-refractivity contribution in [1.29, 1.82) is 0 Å². The number of ether oxygens (including phenoxy) is 1. The minimum atomic E-state index is 0.369. The molecule has 1 aromatic rings. The van der Waals surface area contributed by atoms with Gasteiger partial charge in [-0.2, -0.15) is 0 Å². The van der Waals surface area contributed by atoms with Crippen molar-refractivity contribution in [2.24, 2.45) is 5.92 Å². The van der Waals surface area contributed by atoms with Crippen molar-refractivity contribution in [1.82, 2.24) is 0 Å². The van der Waals surface area contributed by atoms with Gasteiger partial charge in [0.05, 0.1) is 6.61 Å². The van der Waals surface area contributed by atoms with E-state index in [4.69, 9.17) is 4.74 Å². The van der Waals surface area contributed by atoms with Gasteiger partial charge in [0, 0.05) is 12.8 Å². The summed E-state index contributed by atoms with van der Waals surface area (Å²) in [6, 6.07) is 8.29. The van der Waals surface area contributed by atoms with Gasteiger partial charge in [-0.3, -0.25) is 4.79 Å². The van der Waals surface area contributed by atoms with Crippen molar-refractivity contribution in [2.45, 2.75) is 52.9 Å². The average Bonchev–Trinajstić information content (AvgIpc) is 2.41. The predicted molar refractivity (Wildman–Crippen MR) is 79.6 cm³/mol. The molecule has 1 aromatic carbocycles. The zero-order valence-electron chi connectivity index (χ0n) is 12.4. The summed E-state index contributed by atoms with van der Waals surface area (Å²) in [6.45, 7) is 6.98. The van der Waals surface area contributed by atoms with E-state index < -0.39 is 0 Å². The van der Waals surface area contributed by atoms with E-state index >= 15 is 0 Å². The first-order valence-corrected chi connectivity index (χ1v) is 7.35. The third-order valence-corrected chi connectivity index (χ3v) is 3.05. The van der Waals surface area contributed by atoms with Gasteiger partial charge in [0.2, 0.25) is 0 Å². The van der Waals surface area contributed by atoms with E-state index in [0.717, 1.165) is 38.0 Å². The molecule has 1 rings (SSSR count). The highest BCUT2D eigenvalue weighted by Crippen LogP contribution is 2.16. The fourth-order valence-corrected chi connectivity index (χ4v) is 1.88. The Kier molecular flexibility index (Phi) is 7.24. The third-order valence-electron chi connectivity index (χ3n) is 3.05. The van der Waals surface area contributed by atoms with Crippen LogP contribution in [0, 0.1) is 5.92 Å². The fourth-order valence-electron chi connectivity index (χ4n) is 1.88. The number of benzene rings is 1. The van der Waals surface area contributed by atoms with Crippen LogP contribution in [0.5, 0.6) is 5.75 Å². The van der Waals surface area contributed by atoms with Gasteiger partial charge in [-0.15, -0.1) is 0 Å². The Morgan fingerprint density at radius 3 is 2.74 bits per heavy atom. The summed E-state index contributed by atoms with van der Waals surface area (Å²) in [5.41, 5.74) is 1.30. The molecule has 0 atom stereocenters. The van der Waals surface area contributed by atoms with Gasteiger partial charge in [-0.05, 0) is 42.9 Å². The molecule has 0 N–H and O–H groups in total. The number of carbonyl (C=O) groups excluding carboxylic acids is 1. The lowest BCUT2D eigenvalue weighted by Gasteiger charge is -2.10. The Hall–Kier alpha value is -1.31. The minimum absolute atomic E-state index is 0.369. The van der Waals surface area contributed by atoms with Crippen LogP contribution in [0.2, 0.25) is 0 Å². The van der Waals surface area contributed by atoms with Gasteiger partial charge in [0.1, 0.15) is 11.5 Å². The number of Topliss-reactive ketones (excluding diaryl/α,β-unsaturated/α-hetero) is 1. The molecule has 0 fully saturated rings. The van der Waals surface area contributed by atoms with E-state index in [1.54, 1.807) is 0 Å². The summed E-state index contributed by atoms with van der Waals surface area (Å²) in [6.07, 6.45) is 4.47. The molecule has 2 heteroatoms. The minimum Gasteiger partial charge on any atom is -0.493 e. The monoisotopic (exact) mass is 262 g/mol. The highest BCUT2D eigenvalue weighted by molar-refractivity contribution is 5.77. The Morgan fingerprint density at radius 2 is 2.05 bits per heavy atom. The molecule has 0 spiro atoms. The first kappa shape index (κ1) is 15.7. The van der Waals surface area contributed by atoms with Crippen molar-refractivity contribution < 1.29 is 9.53 Å². The summed E-state index contributed by atoms with van der Waals surface area (Å²) < 4.78 is 5.72. The van der Waals surface area contributed by atoms with E-state index in [9.17, 15) is 4.79 Å². The zero-order valence-corrected chi connectivity index (χ0v) is 12.4. The second-order valence-electron chi connectivity index (χ2n) is 5.45. The lowest BCUT2D eigenvalue weighted by Crippen LogP contribution is -2.04. The molecule has 0 aliphatic carbocycles. The van der Waals surface area contributed by atoms with Crippen LogP contribution in [0.1, 0.15) is 52.0 Å². The molecule has 0 aliphatic heterocycles. The van der Waals surface area contributed by atoms with Gasteiger partial charge >= 0.3 is 0 Å². The molecule has 0 saturated heterocycles. The van der Waals surface area contributed by atoms with Gasteiger partial charge in [0.15, 0.2) is 0 Å². The van der Waals surface area contributed by atoms with Crippen LogP contribution in [0.15, 0.2) is 24.3 Å². The van der Waals surface area contributed by atoms with Crippen molar-refractivity contribution >= 4 is 5.78 Å². The molecule has 0 unspecified atom stereocenters. The Bertz CT molecular complexity index is 383. The van der Waals surface area contributed by atoms with Crippen molar-refractivity contribution in [3.05, 3.63) is 29.8 Å². The molecule has 19 heavy (non-hydrogen) atoms. The number of hydrogen-bond donors (Lipinski definition) is 0. The van der Waals surface area contributed by atoms with E-state index in [-0.39, 0.29) is 0 Å². The zero-order chi connectivity index (χ0) is 14.1. The molecule has 106 valence electrons. The molecule has 0 heterocycles. The van der Waals surface area contributed by atoms with E-state index in [2.05, 4.69) is 26.0 Å². The van der Waals surface area contributed by atoms with E-state index in [1.165, 1.54) is 5.56 Å². The van der Waals surface area contributed by atoms with Gasteiger partial charge < -0.3 is 4.74 Å². The number of unbranched alkanes of at least 4 members (excludes halogenated alkanes) is 1. The maximum Gasteiger partial charge on any atom is 0.132 e. The Labute approximate surface area is 117 Å². The number of aryl methyl sites for hydroxylation is 1. The average molecular weight is 262 g/mol. The topological polar surface area (TPSA) is 26.3 Å². The first-order chi connectivity index (χ1) is 9.11. The largest absolute Gasteiger partial charge is 0.493 e. The summed E-state index contributed by atoms with van der Waals surface area (Å²) in [5.74, 6) is 1.87. The number of hydrogen-bond acceptors (Lipinski definition) is 2. The summed E-state index contributed by atoms with van der Waals surface area (Å²) >= 11 is 0. The van der Waals surface area contributed by atoms with Gasteiger partial charge in [-0.25, -0.2) is 0 Å². The summed E-state index contributed by atoms with van der Waals surface area (Å²) in [4.78, 5) is 11.2. The fraction of sp³-hybridized carbons (Fsp3) is 0.588. The normalized spacial score (nSPS) is 10.7.